The number of amides is 1. The van der Waals surface area contributed by atoms with Crippen LogP contribution in [0.4, 0.5) is 5.69 Å². The van der Waals surface area contributed by atoms with Gasteiger partial charge in [-0.2, -0.15) is 0 Å². The predicted molar refractivity (Wildman–Crippen MR) is 141 cm³/mol. The molecular weight excluding hydrogens is 579 g/mol. The largest absolute Gasteiger partial charge is 3.00 e. The summed E-state index contributed by atoms with van der Waals surface area (Å²) in [6, 6.07) is 19.0. The first-order chi connectivity index (χ1) is 17.3. The number of carboxylic acid groups (broad SMARTS) is 1. The van der Waals surface area contributed by atoms with Crippen LogP contribution < -0.4 is 5.11 Å². The molecule has 0 saturated carbocycles. The number of benzene rings is 3. The SMILES string of the molecule is O=C([O-])CN=C(c1ccccc1)c1cc(Cl)ccc1[N-]C(=O)[C@@H]1CCCN1Cc1ccc(Cl)c(Cl)c1.[Ni+3]. The fraction of sp³-hybridized carbons (Fsp3) is 0.222. The molecule has 1 atom stereocenters. The third kappa shape index (κ3) is 7.56. The van der Waals surface area contributed by atoms with Gasteiger partial charge in [0.05, 0.1) is 40.2 Å². The molecule has 1 aliphatic heterocycles. The monoisotopic (exact) mass is 599 g/mol. The molecule has 37 heavy (non-hydrogen) atoms. The minimum atomic E-state index is -1.32. The van der Waals surface area contributed by atoms with Crippen LogP contribution in [0, 0.1) is 0 Å². The van der Waals surface area contributed by atoms with Crippen molar-refractivity contribution in [3.63, 3.8) is 0 Å². The van der Waals surface area contributed by atoms with E-state index in [9.17, 15) is 14.7 Å². The minimum Gasteiger partial charge on any atom is -0.625 e. The maximum absolute atomic E-state index is 13.4. The molecule has 4 rings (SSSR count). The second-order valence-electron chi connectivity index (χ2n) is 8.39. The zero-order valence-electron chi connectivity index (χ0n) is 19.5. The second-order valence-corrected chi connectivity index (χ2v) is 9.64. The molecule has 0 spiro atoms. The van der Waals surface area contributed by atoms with Gasteiger partial charge in [0.15, 0.2) is 0 Å². The van der Waals surface area contributed by atoms with Gasteiger partial charge >= 0.3 is 16.5 Å². The van der Waals surface area contributed by atoms with Crippen molar-refractivity contribution >= 4 is 58.1 Å². The Hall–Kier alpha value is -2.41. The maximum atomic E-state index is 13.4. The number of likely N-dealkylation sites (tertiary alicyclic amines) is 1. The van der Waals surface area contributed by atoms with Gasteiger partial charge in [-0.3, -0.25) is 9.89 Å². The topological polar surface area (TPSA) is 86.9 Å². The summed E-state index contributed by atoms with van der Waals surface area (Å²) in [7, 11) is 0. The average Bonchev–Trinajstić information content (AvgIpc) is 3.32. The summed E-state index contributed by atoms with van der Waals surface area (Å²) in [5, 5.41) is 17.0. The fourth-order valence-corrected chi connectivity index (χ4v) is 4.72. The van der Waals surface area contributed by atoms with Crippen LogP contribution in [-0.4, -0.2) is 41.6 Å². The molecule has 1 heterocycles. The number of nitrogens with zero attached hydrogens (tertiary/aromatic N) is 3. The van der Waals surface area contributed by atoms with E-state index in [1.165, 1.54) is 0 Å². The summed E-state index contributed by atoms with van der Waals surface area (Å²) in [4.78, 5) is 30.8. The molecule has 1 amide bonds. The van der Waals surface area contributed by atoms with E-state index < -0.39 is 18.6 Å². The van der Waals surface area contributed by atoms with Crippen LogP contribution in [0.3, 0.4) is 0 Å². The Morgan fingerprint density at radius 2 is 1.76 bits per heavy atom. The van der Waals surface area contributed by atoms with Crippen LogP contribution >= 0.6 is 34.8 Å². The van der Waals surface area contributed by atoms with E-state index in [1.807, 2.05) is 24.3 Å². The molecule has 10 heteroatoms. The molecule has 193 valence electrons. The summed E-state index contributed by atoms with van der Waals surface area (Å²) in [6.45, 7) is 0.755. The van der Waals surface area contributed by atoms with Gasteiger partial charge in [0.25, 0.3) is 0 Å². The van der Waals surface area contributed by atoms with Crippen molar-refractivity contribution in [3.8, 4) is 0 Å². The second kappa shape index (κ2) is 13.4. The van der Waals surface area contributed by atoms with Crippen LogP contribution in [0.15, 0.2) is 71.7 Å². The number of aliphatic imine (C=N–C) groups is 1. The van der Waals surface area contributed by atoms with Gasteiger partial charge in [-0.05, 0) is 54.8 Å². The number of carboxylic acids is 1. The number of aliphatic carboxylic acids is 1. The number of hydrogen-bond donors (Lipinski definition) is 0. The Bertz CT molecular complexity index is 1300. The normalized spacial score (nSPS) is 15.8. The third-order valence-corrected chi connectivity index (χ3v) is 6.85. The van der Waals surface area contributed by atoms with Gasteiger partial charge in [-0.25, -0.2) is 0 Å². The first kappa shape index (κ1) is 29.2. The summed E-state index contributed by atoms with van der Waals surface area (Å²) < 4.78 is 0. The Morgan fingerprint density at radius 1 is 1.00 bits per heavy atom. The molecule has 1 radical (unpaired) electrons. The van der Waals surface area contributed by atoms with Crippen LogP contribution in [0.5, 0.6) is 0 Å². The Balaban J connectivity index is 0.00000380. The van der Waals surface area contributed by atoms with Crippen molar-refractivity contribution in [2.75, 3.05) is 13.1 Å². The molecule has 6 nitrogen and oxygen atoms in total. The van der Waals surface area contributed by atoms with E-state index in [0.29, 0.717) is 50.6 Å². The average molecular weight is 602 g/mol. The van der Waals surface area contributed by atoms with Crippen LogP contribution in [0.2, 0.25) is 15.1 Å². The van der Waals surface area contributed by atoms with Crippen molar-refractivity contribution in [1.82, 2.24) is 4.90 Å². The zero-order valence-corrected chi connectivity index (χ0v) is 22.7. The van der Waals surface area contributed by atoms with E-state index in [2.05, 4.69) is 15.2 Å². The van der Waals surface area contributed by atoms with Gasteiger partial charge in [0.2, 0.25) is 0 Å². The maximum Gasteiger partial charge on any atom is 3.00 e. The van der Waals surface area contributed by atoms with E-state index in [0.717, 1.165) is 18.5 Å². The summed E-state index contributed by atoms with van der Waals surface area (Å²) in [5.41, 5.74) is 2.83. The first-order valence-electron chi connectivity index (χ1n) is 11.3. The summed E-state index contributed by atoms with van der Waals surface area (Å²) >= 11 is 18.5. The van der Waals surface area contributed by atoms with E-state index in [4.69, 9.17) is 34.8 Å². The van der Waals surface area contributed by atoms with Gasteiger partial charge in [-0.1, -0.05) is 77.3 Å². The van der Waals surface area contributed by atoms with Crippen LogP contribution in [-0.2, 0) is 32.6 Å². The van der Waals surface area contributed by atoms with Gasteiger partial charge in [0.1, 0.15) is 0 Å². The molecule has 0 bridgehead atoms. The number of carbonyl (C=O) groups is 2. The Labute approximate surface area is 240 Å². The van der Waals surface area contributed by atoms with E-state index in [-0.39, 0.29) is 22.4 Å². The number of rotatable bonds is 8. The molecule has 3 aromatic rings. The number of halogens is 3. The molecule has 1 fully saturated rings. The molecule has 1 saturated heterocycles. The summed E-state index contributed by atoms with van der Waals surface area (Å²) in [5.74, 6) is -1.60. The van der Waals surface area contributed by atoms with Crippen molar-refractivity contribution in [2.45, 2.75) is 25.4 Å². The molecule has 3 aromatic carbocycles. The molecule has 0 unspecified atom stereocenters. The molecular formula is C27H22Cl3N3NiO3+. The van der Waals surface area contributed by atoms with Crippen molar-refractivity contribution in [3.05, 3.63) is 104 Å². The van der Waals surface area contributed by atoms with Crippen molar-refractivity contribution in [1.29, 1.82) is 0 Å². The molecule has 1 aliphatic rings. The summed E-state index contributed by atoms with van der Waals surface area (Å²) in [6.07, 6.45) is 1.54. The molecule has 0 aliphatic carbocycles. The van der Waals surface area contributed by atoms with Gasteiger partial charge in [0, 0.05) is 17.1 Å². The number of carbonyl (C=O) groups excluding carboxylic acids is 2. The van der Waals surface area contributed by atoms with Crippen molar-refractivity contribution < 1.29 is 31.2 Å². The van der Waals surface area contributed by atoms with Gasteiger partial charge < -0.3 is 20.0 Å². The first-order valence-corrected chi connectivity index (χ1v) is 12.5. The Kier molecular flexibility index (Phi) is 10.6. The Morgan fingerprint density at radius 3 is 2.46 bits per heavy atom. The standard InChI is InChI=1S/C27H24Cl3N3O3.Ni/c28-19-9-11-23(20(14-19)26(31-15-25(34)35)18-5-2-1-3-6-18)32-27(36)24-7-4-12-33(24)16-17-8-10-21(29)22(30)13-17;/h1-3,5-6,8-11,13-14,24H,4,7,12,15-16H2,(H2,31,32,34,35,36);/q;+3/p-2/t24-;/m0./s1. The fourth-order valence-electron chi connectivity index (χ4n) is 4.23. The smallest absolute Gasteiger partial charge is 0.625 e. The predicted octanol–water partition coefficient (Wildman–Crippen LogP) is 5.43. The van der Waals surface area contributed by atoms with Crippen molar-refractivity contribution in [2.24, 2.45) is 4.99 Å². The van der Waals surface area contributed by atoms with Gasteiger partial charge in [-0.15, -0.1) is 5.69 Å². The minimum absolute atomic E-state index is 0. The quantitative estimate of drug-likeness (QED) is 0.255. The van der Waals surface area contributed by atoms with Crippen LogP contribution in [0.25, 0.3) is 5.32 Å². The van der Waals surface area contributed by atoms with E-state index in [1.54, 1.807) is 42.5 Å². The number of hydrogen-bond acceptors (Lipinski definition) is 5. The van der Waals surface area contributed by atoms with E-state index >= 15 is 0 Å². The third-order valence-electron chi connectivity index (χ3n) is 5.88. The van der Waals surface area contributed by atoms with Crippen LogP contribution in [0.1, 0.15) is 29.5 Å². The molecule has 0 aromatic heterocycles. The zero-order chi connectivity index (χ0) is 25.7. The molecule has 0 N–H and O–H groups in total.